The van der Waals surface area contributed by atoms with Crippen molar-refractivity contribution in [3.05, 3.63) is 45.2 Å². The van der Waals surface area contributed by atoms with Crippen LogP contribution in [0, 0.1) is 23.5 Å². The minimum atomic E-state index is -2.64. The fraction of sp³-hybridized carbons (Fsp3) is 0.533. The number of nitrogens with zero attached hydrogens (tertiary/aromatic N) is 2. The highest BCUT2D eigenvalue weighted by Crippen LogP contribution is 2.56. The zero-order valence-electron chi connectivity index (χ0n) is 24.0. The third-order valence-corrected chi connectivity index (χ3v) is 8.55. The quantitative estimate of drug-likeness (QED) is 0.233. The second kappa shape index (κ2) is 11.2. The molecule has 1 fully saturated rings. The van der Waals surface area contributed by atoms with Crippen LogP contribution in [-0.2, 0) is 11.2 Å². The fourth-order valence-electron chi connectivity index (χ4n) is 6.48. The van der Waals surface area contributed by atoms with E-state index in [1.54, 1.807) is 19.0 Å². The molecule has 5 rings (SSSR count). The number of benzene rings is 1. The number of fused-ring (bicyclic) bond motifs is 4. The predicted molar refractivity (Wildman–Crippen MR) is 145 cm³/mol. The van der Waals surface area contributed by atoms with Crippen LogP contribution in [0.4, 0.5) is 8.78 Å². The standard InChI is InChI=1S/C30H34F2N2O8/c1-5-7-9-40-25-16(13-35)22(32)21(31)15-11-14-12-17-23(34(3)4)26-20(29(33-42-26)41-10-8-6-2)28(38)30(17,39)27(37)18(14)24(36)19(15)25/h13-14,17,23,36,39H,5-12H2,1-4H3/t14-,17-,23-,30-/m0/s1. The molecule has 1 saturated carbocycles. The molecule has 10 nitrogen and oxygen atoms in total. The van der Waals surface area contributed by atoms with Crippen molar-refractivity contribution in [3.63, 3.8) is 0 Å². The van der Waals surface area contributed by atoms with Gasteiger partial charge in [-0.1, -0.05) is 26.7 Å². The van der Waals surface area contributed by atoms with Crippen molar-refractivity contribution in [2.24, 2.45) is 11.8 Å². The van der Waals surface area contributed by atoms with Gasteiger partial charge in [-0.15, -0.1) is 0 Å². The Balaban J connectivity index is 1.68. The van der Waals surface area contributed by atoms with Crippen LogP contribution in [0.25, 0.3) is 5.76 Å². The molecule has 4 atom stereocenters. The molecule has 2 aromatic rings. The first-order valence-corrected chi connectivity index (χ1v) is 14.2. The van der Waals surface area contributed by atoms with Crippen LogP contribution in [0.5, 0.6) is 11.6 Å². The van der Waals surface area contributed by atoms with Gasteiger partial charge < -0.3 is 24.2 Å². The summed E-state index contributed by atoms with van der Waals surface area (Å²) in [7, 11) is 3.37. The van der Waals surface area contributed by atoms with Gasteiger partial charge in [-0.3, -0.25) is 19.3 Å². The van der Waals surface area contributed by atoms with E-state index in [4.69, 9.17) is 14.0 Å². The fourth-order valence-corrected chi connectivity index (χ4v) is 6.48. The average Bonchev–Trinajstić information content (AvgIpc) is 3.37. The van der Waals surface area contributed by atoms with Crippen molar-refractivity contribution in [3.8, 4) is 11.6 Å². The monoisotopic (exact) mass is 588 g/mol. The van der Waals surface area contributed by atoms with Crippen molar-refractivity contribution in [1.82, 2.24) is 10.1 Å². The van der Waals surface area contributed by atoms with E-state index in [-0.39, 0.29) is 72.0 Å². The topological polar surface area (TPSA) is 139 Å². The lowest BCUT2D eigenvalue weighted by atomic mass is 9.57. The van der Waals surface area contributed by atoms with Gasteiger partial charge in [-0.05, 0) is 50.9 Å². The lowest BCUT2D eigenvalue weighted by Gasteiger charge is -2.49. The largest absolute Gasteiger partial charge is 0.507 e. The van der Waals surface area contributed by atoms with E-state index < -0.39 is 58.0 Å². The van der Waals surface area contributed by atoms with Crippen LogP contribution in [0.2, 0.25) is 0 Å². The minimum absolute atomic E-state index is 0.0426. The van der Waals surface area contributed by atoms with Crippen molar-refractivity contribution >= 4 is 23.6 Å². The summed E-state index contributed by atoms with van der Waals surface area (Å²) >= 11 is 0. The number of aliphatic hydroxyl groups excluding tert-OH is 1. The molecule has 0 amide bonds. The van der Waals surface area contributed by atoms with E-state index >= 15 is 8.78 Å². The Morgan fingerprint density at radius 1 is 1.07 bits per heavy atom. The van der Waals surface area contributed by atoms with E-state index in [0.29, 0.717) is 19.3 Å². The van der Waals surface area contributed by atoms with Gasteiger partial charge in [-0.2, -0.15) is 0 Å². The Bertz CT molecular complexity index is 1480. The minimum Gasteiger partial charge on any atom is -0.507 e. The Hall–Kier alpha value is -3.64. The number of halogens is 2. The molecule has 1 heterocycles. The maximum atomic E-state index is 15.4. The van der Waals surface area contributed by atoms with Crippen molar-refractivity contribution in [2.75, 3.05) is 27.3 Å². The highest BCUT2D eigenvalue weighted by molar-refractivity contribution is 6.26. The molecule has 3 aliphatic rings. The number of aldehydes is 1. The van der Waals surface area contributed by atoms with Gasteiger partial charge in [-0.25, -0.2) is 8.78 Å². The van der Waals surface area contributed by atoms with Crippen molar-refractivity contribution in [2.45, 2.75) is 64.0 Å². The average molecular weight is 589 g/mol. The third-order valence-electron chi connectivity index (χ3n) is 8.55. The van der Waals surface area contributed by atoms with Crippen molar-refractivity contribution < 1.29 is 47.4 Å². The molecular weight excluding hydrogens is 554 g/mol. The second-order valence-corrected chi connectivity index (χ2v) is 11.3. The summed E-state index contributed by atoms with van der Waals surface area (Å²) in [5.74, 6) is -7.86. The highest BCUT2D eigenvalue weighted by atomic mass is 19.2. The summed E-state index contributed by atoms with van der Waals surface area (Å²) < 4.78 is 47.3. The summed E-state index contributed by atoms with van der Waals surface area (Å²) in [6.45, 7) is 4.12. The molecule has 0 unspecified atom stereocenters. The normalized spacial score (nSPS) is 24.7. The molecule has 0 radical (unpaired) electrons. The van der Waals surface area contributed by atoms with Gasteiger partial charge in [0.2, 0.25) is 11.6 Å². The van der Waals surface area contributed by atoms with Gasteiger partial charge in [0, 0.05) is 17.1 Å². The maximum Gasteiger partial charge on any atom is 0.265 e. The molecular formula is C30H34F2N2O8. The summed E-state index contributed by atoms with van der Waals surface area (Å²) in [5, 5.41) is 27.5. The predicted octanol–water partition coefficient (Wildman–Crippen LogP) is 4.38. The molecule has 0 saturated heterocycles. The van der Waals surface area contributed by atoms with Crippen LogP contribution in [0.15, 0.2) is 10.1 Å². The van der Waals surface area contributed by atoms with Gasteiger partial charge in [0.25, 0.3) is 5.88 Å². The lowest BCUT2D eigenvalue weighted by Crippen LogP contribution is -2.63. The Kier molecular flexibility index (Phi) is 7.97. The van der Waals surface area contributed by atoms with E-state index in [1.165, 1.54) is 0 Å². The van der Waals surface area contributed by atoms with E-state index in [1.807, 2.05) is 13.8 Å². The molecule has 1 aromatic carbocycles. The van der Waals surface area contributed by atoms with Crippen LogP contribution >= 0.6 is 0 Å². The van der Waals surface area contributed by atoms with Gasteiger partial charge in [0.1, 0.15) is 17.1 Å². The SMILES string of the molecule is CCCCOc1noc2c1C(=O)[C@@]1(O)C(=O)C3=C(O)c4c(c(F)c(F)c(C=O)c4OCCCC)C[C@H]3C[C@H]1[C@@H]2N(C)C. The van der Waals surface area contributed by atoms with Crippen LogP contribution in [-0.4, -0.2) is 71.0 Å². The molecule has 1 aromatic heterocycles. The zero-order valence-corrected chi connectivity index (χ0v) is 24.0. The van der Waals surface area contributed by atoms with Gasteiger partial charge in [0.05, 0.1) is 30.4 Å². The maximum absolute atomic E-state index is 15.4. The summed E-state index contributed by atoms with van der Waals surface area (Å²) in [6.07, 6.45) is 2.52. The number of aliphatic hydroxyl groups is 2. The first-order valence-electron chi connectivity index (χ1n) is 14.2. The lowest BCUT2D eigenvalue weighted by molar-refractivity contribution is -0.142. The number of ketones is 2. The molecule has 0 aliphatic heterocycles. The van der Waals surface area contributed by atoms with Crippen LogP contribution in [0.3, 0.4) is 0 Å². The van der Waals surface area contributed by atoms with Crippen LogP contribution < -0.4 is 9.47 Å². The number of ether oxygens (including phenoxy) is 2. The molecule has 3 aliphatic carbocycles. The molecule has 42 heavy (non-hydrogen) atoms. The molecule has 0 spiro atoms. The first-order chi connectivity index (χ1) is 20.0. The number of hydrogen-bond donors (Lipinski definition) is 2. The number of Topliss-reactive ketones (excluding diaryl/α,β-unsaturated/α-hetero) is 2. The first kappa shape index (κ1) is 29.8. The number of unbranched alkanes of at least 4 members (excludes halogenated alkanes) is 2. The Labute approximate surface area is 241 Å². The smallest absolute Gasteiger partial charge is 0.265 e. The Morgan fingerprint density at radius 3 is 2.36 bits per heavy atom. The zero-order chi connectivity index (χ0) is 30.5. The van der Waals surface area contributed by atoms with E-state index in [0.717, 1.165) is 6.42 Å². The molecule has 2 N–H and O–H groups in total. The number of aromatic nitrogens is 1. The highest BCUT2D eigenvalue weighted by Gasteiger charge is 2.65. The summed E-state index contributed by atoms with van der Waals surface area (Å²) in [6, 6.07) is -0.806. The second-order valence-electron chi connectivity index (χ2n) is 11.3. The van der Waals surface area contributed by atoms with Crippen LogP contribution in [0.1, 0.15) is 89.6 Å². The summed E-state index contributed by atoms with van der Waals surface area (Å²) in [5.41, 5.74) is -4.38. The number of carbonyl (C=O) groups excluding carboxylic acids is 3. The summed E-state index contributed by atoms with van der Waals surface area (Å²) in [4.78, 5) is 41.7. The molecule has 226 valence electrons. The number of hydrogen-bond acceptors (Lipinski definition) is 10. The number of carbonyl (C=O) groups is 3. The van der Waals surface area contributed by atoms with Crippen molar-refractivity contribution in [1.29, 1.82) is 0 Å². The third kappa shape index (κ3) is 4.26. The van der Waals surface area contributed by atoms with E-state index in [9.17, 15) is 24.6 Å². The van der Waals surface area contributed by atoms with Gasteiger partial charge in [0.15, 0.2) is 29.3 Å². The van der Waals surface area contributed by atoms with Gasteiger partial charge >= 0.3 is 0 Å². The molecule has 12 heteroatoms. The number of rotatable bonds is 10. The van der Waals surface area contributed by atoms with E-state index in [2.05, 4.69) is 5.16 Å². The Morgan fingerprint density at radius 2 is 1.74 bits per heavy atom. The molecule has 0 bridgehead atoms.